The quantitative estimate of drug-likeness (QED) is 0.169. The van der Waals surface area contributed by atoms with E-state index in [9.17, 15) is 9.59 Å². The van der Waals surface area contributed by atoms with Crippen LogP contribution in [0.4, 0.5) is 0 Å². The van der Waals surface area contributed by atoms with Gasteiger partial charge in [-0.25, -0.2) is 0 Å². The van der Waals surface area contributed by atoms with Gasteiger partial charge in [0.1, 0.15) is 0 Å². The van der Waals surface area contributed by atoms with Crippen LogP contribution in [-0.4, -0.2) is 16.0 Å². The number of hydrogen-bond donors (Lipinski definition) is 0. The van der Waals surface area contributed by atoms with Crippen molar-refractivity contribution in [3.63, 3.8) is 0 Å². The van der Waals surface area contributed by atoms with Crippen molar-refractivity contribution in [2.75, 3.05) is 0 Å². The smallest absolute Gasteiger partial charge is 0.166 e. The molecule has 1 fully saturated rings. The van der Waals surface area contributed by atoms with Gasteiger partial charge in [0.15, 0.2) is 11.6 Å². The highest BCUT2D eigenvalue weighted by atomic mass is 16.1. The Labute approximate surface area is 314 Å². The Balaban J connectivity index is 1.19. The molecule has 2 aromatic heterocycles. The Bertz CT molecular complexity index is 2960. The number of fused-ring (bicyclic) bond motifs is 11. The summed E-state index contributed by atoms with van der Waals surface area (Å²) in [6, 6.07) is 35.2. The molecule has 7 aliphatic carbocycles. The van der Waals surface area contributed by atoms with Crippen LogP contribution in [0.3, 0.4) is 0 Å². The maximum atomic E-state index is 14.2. The Kier molecular flexibility index (Phi) is 5.84. The van der Waals surface area contributed by atoms with Crippen LogP contribution in [0, 0.1) is 5.92 Å². The molecular weight excluding hydrogens is 659 g/mol. The highest BCUT2D eigenvalue weighted by Crippen LogP contribution is 2.57. The first kappa shape index (κ1) is 30.1. The van der Waals surface area contributed by atoms with Crippen molar-refractivity contribution in [1.29, 1.82) is 0 Å². The predicted octanol–water partition coefficient (Wildman–Crippen LogP) is 12.7. The second-order valence-corrected chi connectivity index (χ2v) is 17.4. The van der Waals surface area contributed by atoms with Crippen LogP contribution >= 0.6 is 0 Å². The molecule has 8 aromatic rings. The molecule has 0 N–H and O–H groups in total. The Hall–Kier alpha value is -5.28. The minimum atomic E-state index is 0.142. The van der Waals surface area contributed by atoms with Crippen LogP contribution < -0.4 is 0 Å². The van der Waals surface area contributed by atoms with Gasteiger partial charge < -0.3 is 4.40 Å². The molecule has 3 heteroatoms. The first-order valence-corrected chi connectivity index (χ1v) is 20.6. The second kappa shape index (κ2) is 10.5. The molecule has 6 aromatic carbocycles. The summed E-state index contributed by atoms with van der Waals surface area (Å²) in [5, 5.41) is 7.66. The third kappa shape index (κ3) is 3.64. The van der Waals surface area contributed by atoms with Gasteiger partial charge in [-0.05, 0) is 155 Å². The van der Waals surface area contributed by atoms with E-state index < -0.39 is 0 Å². The molecule has 54 heavy (non-hydrogen) atoms. The number of ketones is 2. The number of rotatable bonds is 2. The molecule has 0 amide bonds. The Morgan fingerprint density at radius 2 is 1.19 bits per heavy atom. The van der Waals surface area contributed by atoms with Crippen molar-refractivity contribution in [2.45, 2.75) is 88.4 Å². The van der Waals surface area contributed by atoms with Crippen LogP contribution in [0.2, 0.25) is 0 Å². The van der Waals surface area contributed by atoms with Crippen LogP contribution in [0.15, 0.2) is 91.0 Å². The minimum absolute atomic E-state index is 0.142. The molecule has 4 bridgehead atoms. The van der Waals surface area contributed by atoms with Crippen molar-refractivity contribution >= 4 is 60.4 Å². The monoisotopic (exact) mass is 699 g/mol. The summed E-state index contributed by atoms with van der Waals surface area (Å²) >= 11 is 0. The number of benzene rings is 6. The molecule has 3 nitrogen and oxygen atoms in total. The fourth-order valence-corrected chi connectivity index (χ4v) is 12.6. The Morgan fingerprint density at radius 3 is 1.89 bits per heavy atom. The largest absolute Gasteiger partial charge is 0.308 e. The van der Waals surface area contributed by atoms with Crippen molar-refractivity contribution in [2.24, 2.45) is 5.92 Å². The normalized spacial score (nSPS) is 23.9. The lowest BCUT2D eigenvalue weighted by Gasteiger charge is -2.42. The van der Waals surface area contributed by atoms with Gasteiger partial charge in [0.05, 0.1) is 16.6 Å². The summed E-state index contributed by atoms with van der Waals surface area (Å²) in [5.74, 6) is 2.03. The number of nitrogens with zero attached hydrogens (tertiary/aromatic N) is 1. The molecule has 7 aliphatic rings. The number of aromatic nitrogens is 1. The lowest BCUT2D eigenvalue weighted by Crippen LogP contribution is -2.27. The minimum Gasteiger partial charge on any atom is -0.308 e. The zero-order valence-corrected chi connectivity index (χ0v) is 30.7. The van der Waals surface area contributed by atoms with Gasteiger partial charge in [0, 0.05) is 56.8 Å². The van der Waals surface area contributed by atoms with Crippen molar-refractivity contribution < 1.29 is 9.59 Å². The fraction of sp³-hybridized carbons (Fsp3) is 0.294. The molecule has 0 saturated heterocycles. The molecular formula is C51H41NO2. The first-order valence-electron chi connectivity index (χ1n) is 20.6. The van der Waals surface area contributed by atoms with E-state index in [1.807, 2.05) is 0 Å². The average molecular weight is 700 g/mol. The Morgan fingerprint density at radius 1 is 0.574 bits per heavy atom. The standard InChI is InChI=1S/C51H41NO2/c1-2-8-26-9-7-14-46(53)38-24-44-37(21-34(26)38)41-20-29-19-39-40(48-32-12-5-3-10-30(32)47(39)31-11-4-6-13-33(31)48)23-36(29)49-43-22-35-27-15-17-28(18-16-27)51(54)42(35)25-45(43)52(44)50(41)49/h3-6,10-13,19-28,47-48H,2,7-9,14-18H2,1H3. The summed E-state index contributed by atoms with van der Waals surface area (Å²) in [5.41, 5.74) is 16.5. The summed E-state index contributed by atoms with van der Waals surface area (Å²) in [4.78, 5) is 28.0. The third-order valence-corrected chi connectivity index (χ3v) is 14.9. The number of carbonyl (C=O) groups is 2. The molecule has 15 rings (SSSR count). The maximum absolute atomic E-state index is 14.2. The van der Waals surface area contributed by atoms with E-state index in [4.69, 9.17) is 0 Å². The third-order valence-electron chi connectivity index (χ3n) is 14.9. The van der Waals surface area contributed by atoms with Gasteiger partial charge in [0.25, 0.3) is 0 Å². The molecule has 0 spiro atoms. The van der Waals surface area contributed by atoms with Crippen molar-refractivity contribution in [3.8, 4) is 0 Å². The van der Waals surface area contributed by atoms with Gasteiger partial charge in [-0.3, -0.25) is 9.59 Å². The van der Waals surface area contributed by atoms with Crippen LogP contribution in [0.25, 0.3) is 48.9 Å². The summed E-state index contributed by atoms with van der Waals surface area (Å²) in [7, 11) is 0. The van der Waals surface area contributed by atoms with E-state index in [0.29, 0.717) is 24.0 Å². The van der Waals surface area contributed by atoms with Crippen molar-refractivity contribution in [3.05, 3.63) is 147 Å². The number of carbonyl (C=O) groups excluding carboxylic acids is 2. The van der Waals surface area contributed by atoms with E-state index >= 15 is 0 Å². The lowest BCUT2D eigenvalue weighted by molar-refractivity contribution is 0.0897. The fourth-order valence-electron chi connectivity index (χ4n) is 12.6. The van der Waals surface area contributed by atoms with Crippen LogP contribution in [0.5, 0.6) is 0 Å². The molecule has 2 heterocycles. The van der Waals surface area contributed by atoms with E-state index in [1.165, 1.54) is 82.3 Å². The van der Waals surface area contributed by atoms with Gasteiger partial charge in [0.2, 0.25) is 0 Å². The van der Waals surface area contributed by atoms with Gasteiger partial charge >= 0.3 is 0 Å². The van der Waals surface area contributed by atoms with E-state index in [-0.39, 0.29) is 23.5 Å². The zero-order chi connectivity index (χ0) is 35.6. The summed E-state index contributed by atoms with van der Waals surface area (Å²) < 4.78 is 2.46. The molecule has 0 aliphatic heterocycles. The highest BCUT2D eigenvalue weighted by molar-refractivity contribution is 6.32. The van der Waals surface area contributed by atoms with E-state index in [2.05, 4.69) is 102 Å². The molecule has 1 unspecified atom stereocenters. The topological polar surface area (TPSA) is 38.5 Å². The lowest BCUT2D eigenvalue weighted by atomic mass is 9.61. The SMILES string of the molecule is CCCC1CCCC(=O)c2cc3c(cc21)c1cc2cc4c(cc2c2c5cc6c(cc5n3c12)C(=O)C1CCC6CC1)C1c2ccccc2C4c2ccccc21. The van der Waals surface area contributed by atoms with Gasteiger partial charge in [-0.1, -0.05) is 61.9 Å². The summed E-state index contributed by atoms with van der Waals surface area (Å²) in [6.45, 7) is 2.27. The maximum Gasteiger partial charge on any atom is 0.166 e. The average Bonchev–Trinajstić information content (AvgIpc) is 3.56. The second-order valence-electron chi connectivity index (χ2n) is 17.4. The molecule has 1 saturated carbocycles. The molecule has 262 valence electrons. The highest BCUT2D eigenvalue weighted by Gasteiger charge is 2.42. The van der Waals surface area contributed by atoms with Gasteiger partial charge in [-0.2, -0.15) is 0 Å². The van der Waals surface area contributed by atoms with E-state index in [1.54, 1.807) is 0 Å². The predicted molar refractivity (Wildman–Crippen MR) is 218 cm³/mol. The molecule has 0 radical (unpaired) electrons. The molecule has 1 atom stereocenters. The zero-order valence-electron chi connectivity index (χ0n) is 30.7. The summed E-state index contributed by atoms with van der Waals surface area (Å²) in [6.07, 6.45) is 9.08. The van der Waals surface area contributed by atoms with Gasteiger partial charge in [-0.15, -0.1) is 0 Å². The van der Waals surface area contributed by atoms with E-state index in [0.717, 1.165) is 73.5 Å². The first-order chi connectivity index (χ1) is 26.6. The van der Waals surface area contributed by atoms with Crippen molar-refractivity contribution in [1.82, 2.24) is 4.40 Å². The van der Waals surface area contributed by atoms with Crippen LogP contribution in [0.1, 0.15) is 154 Å². The van der Waals surface area contributed by atoms with Crippen LogP contribution in [-0.2, 0) is 0 Å². The number of Topliss-reactive ketones (excluding diaryl/α,β-unsaturated/α-hetero) is 2. The number of hydrogen-bond acceptors (Lipinski definition) is 2.